The van der Waals surface area contributed by atoms with E-state index in [0.717, 1.165) is 0 Å². The standard InChI is InChI=1S/C20H21FN2O5/c1-20(2,3)28-19(26)23-16-6-4-5-13(11-16)18(25)27-12-17(24)22-15-9-7-14(21)8-10-15/h4-11H,12H2,1-3H3,(H,22,24)(H,23,26). The van der Waals surface area contributed by atoms with Gasteiger partial charge in [-0.1, -0.05) is 6.07 Å². The molecule has 28 heavy (non-hydrogen) atoms. The van der Waals surface area contributed by atoms with E-state index in [-0.39, 0.29) is 5.56 Å². The summed E-state index contributed by atoms with van der Waals surface area (Å²) in [7, 11) is 0. The Kier molecular flexibility index (Phi) is 6.70. The van der Waals surface area contributed by atoms with Crippen LogP contribution in [-0.4, -0.2) is 30.2 Å². The van der Waals surface area contributed by atoms with Crippen molar-refractivity contribution in [3.63, 3.8) is 0 Å². The highest BCUT2D eigenvalue weighted by atomic mass is 19.1. The maximum atomic E-state index is 12.8. The van der Waals surface area contributed by atoms with E-state index in [1.165, 1.54) is 36.4 Å². The van der Waals surface area contributed by atoms with Gasteiger partial charge in [-0.15, -0.1) is 0 Å². The van der Waals surface area contributed by atoms with Gasteiger partial charge in [0.1, 0.15) is 11.4 Å². The maximum absolute atomic E-state index is 12.8. The van der Waals surface area contributed by atoms with E-state index in [4.69, 9.17) is 9.47 Å². The van der Waals surface area contributed by atoms with Crippen molar-refractivity contribution >= 4 is 29.3 Å². The largest absolute Gasteiger partial charge is 0.452 e. The molecule has 0 aliphatic rings. The first kappa shape index (κ1) is 20.9. The molecule has 2 rings (SSSR count). The van der Waals surface area contributed by atoms with Crippen LogP contribution >= 0.6 is 0 Å². The number of benzene rings is 2. The third-order valence-corrected chi connectivity index (χ3v) is 3.21. The molecular weight excluding hydrogens is 367 g/mol. The van der Waals surface area contributed by atoms with E-state index < -0.39 is 36.0 Å². The van der Waals surface area contributed by atoms with Gasteiger partial charge in [-0.05, 0) is 63.2 Å². The number of ether oxygens (including phenoxy) is 2. The van der Waals surface area contributed by atoms with Crippen LogP contribution in [0.1, 0.15) is 31.1 Å². The first-order valence-electron chi connectivity index (χ1n) is 8.45. The van der Waals surface area contributed by atoms with Crippen molar-refractivity contribution in [2.45, 2.75) is 26.4 Å². The van der Waals surface area contributed by atoms with E-state index in [1.807, 2.05) is 0 Å². The highest BCUT2D eigenvalue weighted by Gasteiger charge is 2.17. The lowest BCUT2D eigenvalue weighted by molar-refractivity contribution is -0.119. The number of carbonyl (C=O) groups excluding carboxylic acids is 3. The number of nitrogens with one attached hydrogen (secondary N) is 2. The fourth-order valence-electron chi connectivity index (χ4n) is 2.09. The smallest absolute Gasteiger partial charge is 0.412 e. The van der Waals surface area contributed by atoms with Gasteiger partial charge in [0.15, 0.2) is 6.61 Å². The molecule has 0 atom stereocenters. The van der Waals surface area contributed by atoms with Crippen LogP contribution in [0, 0.1) is 5.82 Å². The van der Waals surface area contributed by atoms with Crippen molar-refractivity contribution in [2.75, 3.05) is 17.2 Å². The average Bonchev–Trinajstić information content (AvgIpc) is 2.60. The summed E-state index contributed by atoms with van der Waals surface area (Å²) in [6.07, 6.45) is -0.656. The Balaban J connectivity index is 1.89. The molecule has 0 bridgehead atoms. The predicted octanol–water partition coefficient (Wildman–Crippen LogP) is 3.97. The minimum Gasteiger partial charge on any atom is -0.452 e. The quantitative estimate of drug-likeness (QED) is 0.756. The normalized spacial score (nSPS) is 10.7. The lowest BCUT2D eigenvalue weighted by Crippen LogP contribution is -2.27. The minimum absolute atomic E-state index is 0.156. The highest BCUT2D eigenvalue weighted by molar-refractivity contribution is 5.96. The molecule has 2 amide bonds. The Morgan fingerprint density at radius 2 is 1.64 bits per heavy atom. The fraction of sp³-hybridized carbons (Fsp3) is 0.250. The Hall–Kier alpha value is -3.42. The molecule has 0 unspecified atom stereocenters. The summed E-state index contributed by atoms with van der Waals surface area (Å²) in [6.45, 7) is 4.69. The average molecular weight is 388 g/mol. The second-order valence-corrected chi connectivity index (χ2v) is 6.84. The van der Waals surface area contributed by atoms with Crippen LogP contribution in [-0.2, 0) is 14.3 Å². The molecule has 0 aliphatic carbocycles. The number of carbonyl (C=O) groups is 3. The van der Waals surface area contributed by atoms with Gasteiger partial charge >= 0.3 is 12.1 Å². The lowest BCUT2D eigenvalue weighted by atomic mass is 10.2. The summed E-state index contributed by atoms with van der Waals surface area (Å²) >= 11 is 0. The molecule has 0 aromatic heterocycles. The van der Waals surface area contributed by atoms with Gasteiger partial charge in [0.05, 0.1) is 5.56 Å². The zero-order valence-corrected chi connectivity index (χ0v) is 15.7. The third-order valence-electron chi connectivity index (χ3n) is 3.21. The molecule has 148 valence electrons. The van der Waals surface area contributed by atoms with Gasteiger partial charge in [-0.3, -0.25) is 10.1 Å². The minimum atomic E-state index is -0.734. The molecule has 7 nitrogen and oxygen atoms in total. The van der Waals surface area contributed by atoms with E-state index >= 15 is 0 Å². The molecule has 0 aliphatic heterocycles. The Bertz CT molecular complexity index is 860. The van der Waals surface area contributed by atoms with Crippen LogP contribution in [0.5, 0.6) is 0 Å². The van der Waals surface area contributed by atoms with Crippen LogP contribution in [0.15, 0.2) is 48.5 Å². The van der Waals surface area contributed by atoms with Crippen LogP contribution in [0.4, 0.5) is 20.6 Å². The van der Waals surface area contributed by atoms with E-state index in [2.05, 4.69) is 10.6 Å². The topological polar surface area (TPSA) is 93.7 Å². The molecule has 0 radical (unpaired) electrons. The number of anilines is 2. The number of esters is 1. The molecule has 0 spiro atoms. The second-order valence-electron chi connectivity index (χ2n) is 6.84. The van der Waals surface area contributed by atoms with Crippen LogP contribution < -0.4 is 10.6 Å². The van der Waals surface area contributed by atoms with E-state index in [9.17, 15) is 18.8 Å². The first-order valence-corrected chi connectivity index (χ1v) is 8.45. The molecular formula is C20H21FN2O5. The SMILES string of the molecule is CC(C)(C)OC(=O)Nc1cccc(C(=O)OCC(=O)Nc2ccc(F)cc2)c1. The highest BCUT2D eigenvalue weighted by Crippen LogP contribution is 2.14. The number of hydrogen-bond donors (Lipinski definition) is 2. The maximum Gasteiger partial charge on any atom is 0.412 e. The van der Waals surface area contributed by atoms with Gasteiger partial charge < -0.3 is 14.8 Å². The van der Waals surface area contributed by atoms with Crippen molar-refractivity contribution < 1.29 is 28.2 Å². The monoisotopic (exact) mass is 388 g/mol. The summed E-state index contributed by atoms with van der Waals surface area (Å²) in [4.78, 5) is 35.7. The molecule has 0 saturated carbocycles. The van der Waals surface area contributed by atoms with Crippen LogP contribution in [0.2, 0.25) is 0 Å². The fourth-order valence-corrected chi connectivity index (χ4v) is 2.09. The predicted molar refractivity (Wildman–Crippen MR) is 102 cm³/mol. The molecule has 0 heterocycles. The first-order chi connectivity index (χ1) is 13.1. The molecule has 0 saturated heterocycles. The summed E-state index contributed by atoms with van der Waals surface area (Å²) in [5, 5.41) is 5.00. The van der Waals surface area contributed by atoms with Gasteiger partial charge in [0.2, 0.25) is 0 Å². The van der Waals surface area contributed by atoms with Crippen LogP contribution in [0.3, 0.4) is 0 Å². The molecule has 2 N–H and O–H groups in total. The summed E-state index contributed by atoms with van der Waals surface area (Å²) in [5.74, 6) is -1.73. The third kappa shape index (κ3) is 7.06. The van der Waals surface area contributed by atoms with Gasteiger partial charge in [-0.25, -0.2) is 14.0 Å². The summed E-state index contributed by atoms with van der Waals surface area (Å²) < 4.78 is 22.9. The lowest BCUT2D eigenvalue weighted by Gasteiger charge is -2.19. The van der Waals surface area contributed by atoms with Gasteiger partial charge in [0, 0.05) is 11.4 Å². The van der Waals surface area contributed by atoms with Gasteiger partial charge in [-0.2, -0.15) is 0 Å². The molecule has 2 aromatic rings. The number of hydrogen-bond acceptors (Lipinski definition) is 5. The molecule has 8 heteroatoms. The summed E-state index contributed by atoms with van der Waals surface area (Å²) in [5.41, 5.74) is 0.229. The van der Waals surface area contributed by atoms with Crippen molar-refractivity contribution in [1.82, 2.24) is 0 Å². The molecule has 2 aromatic carbocycles. The van der Waals surface area contributed by atoms with Crippen molar-refractivity contribution in [3.05, 3.63) is 59.9 Å². The van der Waals surface area contributed by atoms with Crippen molar-refractivity contribution in [1.29, 1.82) is 0 Å². The number of rotatable bonds is 5. The molecule has 0 fully saturated rings. The van der Waals surface area contributed by atoms with Crippen molar-refractivity contribution in [3.8, 4) is 0 Å². The van der Waals surface area contributed by atoms with E-state index in [1.54, 1.807) is 32.9 Å². The Morgan fingerprint density at radius 3 is 2.29 bits per heavy atom. The van der Waals surface area contributed by atoms with E-state index in [0.29, 0.717) is 11.4 Å². The second kappa shape index (κ2) is 8.98. The Morgan fingerprint density at radius 1 is 0.964 bits per heavy atom. The zero-order valence-electron chi connectivity index (χ0n) is 15.7. The summed E-state index contributed by atoms with van der Waals surface area (Å²) in [6, 6.07) is 11.2. The van der Waals surface area contributed by atoms with Gasteiger partial charge in [0.25, 0.3) is 5.91 Å². The van der Waals surface area contributed by atoms with Crippen molar-refractivity contribution in [2.24, 2.45) is 0 Å². The van der Waals surface area contributed by atoms with Crippen LogP contribution in [0.25, 0.3) is 0 Å². The zero-order chi connectivity index (χ0) is 20.7. The Labute approximate surface area is 161 Å². The number of halogens is 1. The number of amides is 2.